The minimum atomic E-state index is -0.0768. The molecule has 4 saturated carbocycles. The molecule has 4 fully saturated rings. The van der Waals surface area contributed by atoms with E-state index in [1.165, 1.54) is 64.2 Å². The Kier molecular flexibility index (Phi) is 9.03. The Balaban J connectivity index is 1.49. The number of nitrogens with zero attached hydrogens (tertiary/aromatic N) is 1. The van der Waals surface area contributed by atoms with Gasteiger partial charge in [-0.3, -0.25) is 0 Å². The van der Waals surface area contributed by atoms with E-state index in [0.717, 1.165) is 61.4 Å². The van der Waals surface area contributed by atoms with Gasteiger partial charge in [0.05, 0.1) is 6.10 Å². The summed E-state index contributed by atoms with van der Waals surface area (Å²) in [5, 5.41) is 14.8. The summed E-state index contributed by atoms with van der Waals surface area (Å²) in [5.74, 6) is 6.02. The standard InChI is InChI=1S/C32H60N2O/c1-22(2)10-8-11-23(3)26-12-13-27-25-21-30(33-18-9-19-34(6)7)29-20-24(35)14-16-32(29,5)28(25)15-17-31(26,27)4/h22-30,33,35H,8-21H2,1-7H3/t23-,24+,25+,26-,27+,28+,29-,30-,31-,32-/m1/s1. The largest absolute Gasteiger partial charge is 0.393 e. The molecule has 204 valence electrons. The fourth-order valence-corrected chi connectivity index (χ4v) is 10.3. The second-order valence-corrected chi connectivity index (χ2v) is 14.9. The molecule has 4 aliphatic rings. The van der Waals surface area contributed by atoms with Gasteiger partial charge in [-0.15, -0.1) is 0 Å². The summed E-state index contributed by atoms with van der Waals surface area (Å²) in [6.45, 7) is 15.0. The Hall–Kier alpha value is -0.120. The molecule has 0 aromatic heterocycles. The van der Waals surface area contributed by atoms with E-state index in [1.54, 1.807) is 0 Å². The molecular formula is C32H60N2O. The highest BCUT2D eigenvalue weighted by molar-refractivity contribution is 5.12. The highest BCUT2D eigenvalue weighted by Gasteiger charge is 2.62. The third-order valence-electron chi connectivity index (χ3n) is 12.1. The Morgan fingerprint density at radius 3 is 2.29 bits per heavy atom. The highest BCUT2D eigenvalue weighted by Crippen LogP contribution is 2.68. The van der Waals surface area contributed by atoms with Crippen LogP contribution in [-0.2, 0) is 0 Å². The van der Waals surface area contributed by atoms with Gasteiger partial charge >= 0.3 is 0 Å². The van der Waals surface area contributed by atoms with Crippen LogP contribution in [0.3, 0.4) is 0 Å². The Labute approximate surface area is 218 Å². The van der Waals surface area contributed by atoms with Gasteiger partial charge in [-0.2, -0.15) is 0 Å². The summed E-state index contributed by atoms with van der Waals surface area (Å²) >= 11 is 0. The van der Waals surface area contributed by atoms with Gasteiger partial charge < -0.3 is 15.3 Å². The van der Waals surface area contributed by atoms with Crippen LogP contribution < -0.4 is 5.32 Å². The van der Waals surface area contributed by atoms with Crippen LogP contribution in [0.5, 0.6) is 0 Å². The normalized spacial score (nSPS) is 44.2. The van der Waals surface area contributed by atoms with Gasteiger partial charge in [0, 0.05) is 6.04 Å². The van der Waals surface area contributed by atoms with E-state index in [0.29, 0.717) is 22.8 Å². The third kappa shape index (κ3) is 5.68. The van der Waals surface area contributed by atoms with E-state index in [1.807, 2.05) is 0 Å². The average molecular weight is 489 g/mol. The van der Waals surface area contributed by atoms with Crippen LogP contribution in [0, 0.1) is 52.3 Å². The van der Waals surface area contributed by atoms with Crippen LogP contribution in [0.15, 0.2) is 0 Å². The van der Waals surface area contributed by atoms with E-state index in [9.17, 15) is 5.11 Å². The first kappa shape index (κ1) is 27.9. The summed E-state index contributed by atoms with van der Waals surface area (Å²) in [5.41, 5.74) is 0.981. The second kappa shape index (κ2) is 11.3. The zero-order valence-electron chi connectivity index (χ0n) is 24.5. The molecule has 0 aliphatic heterocycles. The quantitative estimate of drug-likeness (QED) is 0.325. The smallest absolute Gasteiger partial charge is 0.0543 e. The maximum Gasteiger partial charge on any atom is 0.0543 e. The first-order valence-electron chi connectivity index (χ1n) is 15.6. The van der Waals surface area contributed by atoms with Gasteiger partial charge in [-0.25, -0.2) is 0 Å². The molecule has 3 heteroatoms. The third-order valence-corrected chi connectivity index (χ3v) is 12.1. The summed E-state index contributed by atoms with van der Waals surface area (Å²) in [7, 11) is 4.37. The van der Waals surface area contributed by atoms with E-state index in [-0.39, 0.29) is 6.10 Å². The van der Waals surface area contributed by atoms with Gasteiger partial charge in [0.15, 0.2) is 0 Å². The van der Waals surface area contributed by atoms with Crippen molar-refractivity contribution in [3.05, 3.63) is 0 Å². The zero-order chi connectivity index (χ0) is 25.4. The maximum atomic E-state index is 10.7. The Bertz CT molecular complexity index is 678. The lowest BCUT2D eigenvalue weighted by molar-refractivity contribution is -0.141. The molecule has 2 N–H and O–H groups in total. The zero-order valence-corrected chi connectivity index (χ0v) is 24.5. The average Bonchev–Trinajstić information content (AvgIpc) is 3.14. The van der Waals surface area contributed by atoms with Crippen molar-refractivity contribution in [3.63, 3.8) is 0 Å². The van der Waals surface area contributed by atoms with Crippen molar-refractivity contribution < 1.29 is 5.11 Å². The van der Waals surface area contributed by atoms with Gasteiger partial charge in [0.25, 0.3) is 0 Å². The van der Waals surface area contributed by atoms with E-state index in [4.69, 9.17) is 0 Å². The molecule has 3 nitrogen and oxygen atoms in total. The SMILES string of the molecule is CC(C)CCC[C@@H](C)[C@H]1CC[C@H]2[C@@H]3C[C@@H](NCCCN(C)C)[C@H]4C[C@@H](O)CC[C@]4(C)[C@H]3CC[C@]12C. The summed E-state index contributed by atoms with van der Waals surface area (Å²) in [4.78, 5) is 2.31. The van der Waals surface area contributed by atoms with Crippen molar-refractivity contribution in [3.8, 4) is 0 Å². The summed E-state index contributed by atoms with van der Waals surface area (Å²) in [6, 6.07) is 0.600. The molecule has 0 spiro atoms. The lowest BCUT2D eigenvalue weighted by Gasteiger charge is -2.63. The monoisotopic (exact) mass is 488 g/mol. The van der Waals surface area contributed by atoms with Gasteiger partial charge in [0.1, 0.15) is 0 Å². The molecule has 4 aliphatic carbocycles. The van der Waals surface area contributed by atoms with E-state index >= 15 is 0 Å². The van der Waals surface area contributed by atoms with Crippen LogP contribution in [0.4, 0.5) is 0 Å². The van der Waals surface area contributed by atoms with Crippen LogP contribution in [0.2, 0.25) is 0 Å². The van der Waals surface area contributed by atoms with Crippen molar-refractivity contribution in [1.82, 2.24) is 10.2 Å². The molecule has 0 bridgehead atoms. The van der Waals surface area contributed by atoms with Crippen molar-refractivity contribution in [1.29, 1.82) is 0 Å². The van der Waals surface area contributed by atoms with Gasteiger partial charge in [0.2, 0.25) is 0 Å². The first-order valence-corrected chi connectivity index (χ1v) is 15.6. The van der Waals surface area contributed by atoms with Gasteiger partial charge in [-0.1, -0.05) is 53.9 Å². The molecule has 10 atom stereocenters. The van der Waals surface area contributed by atoms with Crippen LogP contribution in [0.25, 0.3) is 0 Å². The second-order valence-electron chi connectivity index (χ2n) is 14.9. The Morgan fingerprint density at radius 1 is 0.857 bits per heavy atom. The van der Waals surface area contributed by atoms with Crippen molar-refractivity contribution in [2.75, 3.05) is 27.2 Å². The maximum absolute atomic E-state index is 10.7. The van der Waals surface area contributed by atoms with Crippen LogP contribution in [-0.4, -0.2) is 49.3 Å². The van der Waals surface area contributed by atoms with Crippen molar-refractivity contribution in [2.24, 2.45) is 52.3 Å². The molecule has 0 aromatic carbocycles. The minimum Gasteiger partial charge on any atom is -0.393 e. The topological polar surface area (TPSA) is 35.5 Å². The fourth-order valence-electron chi connectivity index (χ4n) is 10.3. The molecule has 0 heterocycles. The van der Waals surface area contributed by atoms with Crippen LogP contribution >= 0.6 is 0 Å². The lowest BCUT2D eigenvalue weighted by atomic mass is 9.43. The molecule has 4 rings (SSSR count). The highest BCUT2D eigenvalue weighted by atomic mass is 16.3. The number of hydrogen-bond donors (Lipinski definition) is 2. The number of aliphatic hydroxyl groups excluding tert-OH is 1. The van der Waals surface area contributed by atoms with Gasteiger partial charge in [-0.05, 0) is 137 Å². The first-order chi connectivity index (χ1) is 16.6. The lowest BCUT2D eigenvalue weighted by Crippen LogP contribution is -2.61. The van der Waals surface area contributed by atoms with Crippen molar-refractivity contribution in [2.45, 2.75) is 124 Å². The number of fused-ring (bicyclic) bond motifs is 5. The van der Waals surface area contributed by atoms with E-state index in [2.05, 4.69) is 58.9 Å². The number of hydrogen-bond acceptors (Lipinski definition) is 3. The number of aliphatic hydroxyl groups is 1. The summed E-state index contributed by atoms with van der Waals surface area (Å²) < 4.78 is 0. The van der Waals surface area contributed by atoms with Crippen LogP contribution in [0.1, 0.15) is 112 Å². The van der Waals surface area contributed by atoms with E-state index < -0.39 is 0 Å². The molecule has 0 amide bonds. The molecule has 0 radical (unpaired) electrons. The predicted molar refractivity (Wildman–Crippen MR) is 149 cm³/mol. The minimum absolute atomic E-state index is 0.0768. The molecule has 0 unspecified atom stereocenters. The number of nitrogens with one attached hydrogen (secondary N) is 1. The molecule has 0 saturated heterocycles. The molecule has 35 heavy (non-hydrogen) atoms. The fraction of sp³-hybridized carbons (Fsp3) is 1.00. The molecule has 0 aromatic rings. The summed E-state index contributed by atoms with van der Waals surface area (Å²) in [6.07, 6.45) is 15.9. The number of rotatable bonds is 10. The van der Waals surface area contributed by atoms with Crippen molar-refractivity contribution >= 4 is 0 Å². The molecular weight excluding hydrogens is 428 g/mol. The Morgan fingerprint density at radius 2 is 1.57 bits per heavy atom. The predicted octanol–water partition coefficient (Wildman–Crippen LogP) is 6.99.